The third-order valence-electron chi connectivity index (χ3n) is 4.79. The first-order valence-corrected chi connectivity index (χ1v) is 11.9. The molecule has 0 radical (unpaired) electrons. The fourth-order valence-electron chi connectivity index (χ4n) is 3.50. The van der Waals surface area contributed by atoms with E-state index < -0.39 is 0 Å². The van der Waals surface area contributed by atoms with Crippen LogP contribution in [0, 0.1) is 0 Å². The van der Waals surface area contributed by atoms with E-state index in [4.69, 9.17) is 0 Å². The van der Waals surface area contributed by atoms with Crippen molar-refractivity contribution in [2.24, 2.45) is 4.99 Å². The zero-order valence-corrected chi connectivity index (χ0v) is 17.9. The summed E-state index contributed by atoms with van der Waals surface area (Å²) in [6, 6.07) is 4.78. The van der Waals surface area contributed by atoms with Crippen molar-refractivity contribution in [3.63, 3.8) is 0 Å². The van der Waals surface area contributed by atoms with Crippen LogP contribution in [0.5, 0.6) is 0 Å². The summed E-state index contributed by atoms with van der Waals surface area (Å²) in [5, 5.41) is 18.8. The van der Waals surface area contributed by atoms with Crippen LogP contribution in [0.3, 0.4) is 0 Å². The monoisotopic (exact) mass is 406 g/mol. The number of thiophene rings is 1. The average Bonchev–Trinajstić information content (AvgIpc) is 3.44. The number of aliphatic imine (C=N–C) groups is 1. The van der Waals surface area contributed by atoms with E-state index in [1.54, 1.807) is 23.1 Å². The van der Waals surface area contributed by atoms with Gasteiger partial charge in [0.1, 0.15) is 5.82 Å². The first-order chi connectivity index (χ1) is 13.3. The molecule has 2 aromatic heterocycles. The molecule has 0 amide bonds. The normalized spacial score (nSPS) is 15.4. The number of hydrogen-bond donors (Lipinski definition) is 2. The molecule has 0 aromatic carbocycles. The molecule has 0 bridgehead atoms. The zero-order valence-electron chi connectivity index (χ0n) is 16.3. The number of nitrogens with zero attached hydrogens (tertiary/aromatic N) is 4. The summed E-state index contributed by atoms with van der Waals surface area (Å²) in [6.07, 6.45) is 9.22. The molecule has 0 saturated heterocycles. The molecule has 1 saturated carbocycles. The van der Waals surface area contributed by atoms with E-state index in [-0.39, 0.29) is 0 Å². The van der Waals surface area contributed by atoms with Crippen LogP contribution in [0.2, 0.25) is 0 Å². The molecule has 0 spiro atoms. The van der Waals surface area contributed by atoms with Crippen molar-refractivity contribution in [1.82, 2.24) is 25.4 Å². The molecule has 2 aromatic rings. The van der Waals surface area contributed by atoms with Crippen LogP contribution >= 0.6 is 23.1 Å². The summed E-state index contributed by atoms with van der Waals surface area (Å²) in [5.74, 6) is 2.02. The number of aromatic nitrogens is 3. The molecule has 2 heterocycles. The van der Waals surface area contributed by atoms with Gasteiger partial charge in [-0.05, 0) is 43.9 Å². The summed E-state index contributed by atoms with van der Waals surface area (Å²) >= 11 is 3.45. The Labute approximate surface area is 170 Å². The van der Waals surface area contributed by atoms with Crippen LogP contribution in [-0.2, 0) is 13.0 Å². The second kappa shape index (κ2) is 10.7. The predicted octanol–water partition coefficient (Wildman–Crippen LogP) is 3.86. The topological polar surface area (TPSA) is 67.1 Å². The van der Waals surface area contributed by atoms with Crippen molar-refractivity contribution in [1.29, 1.82) is 0 Å². The quantitative estimate of drug-likeness (QED) is 0.286. The minimum atomic E-state index is 0.593. The molecule has 8 heteroatoms. The molecule has 0 unspecified atom stereocenters. The van der Waals surface area contributed by atoms with Gasteiger partial charge in [-0.1, -0.05) is 30.7 Å². The highest BCUT2D eigenvalue weighted by atomic mass is 32.2. The van der Waals surface area contributed by atoms with E-state index in [1.165, 1.54) is 30.6 Å². The summed E-state index contributed by atoms with van der Waals surface area (Å²) in [7, 11) is 0. The van der Waals surface area contributed by atoms with E-state index in [1.807, 2.05) is 0 Å². The maximum Gasteiger partial charge on any atom is 0.191 e. The zero-order chi connectivity index (χ0) is 18.9. The SMILES string of the molecule is CCNC(=NCc1cccs1)NCCCc1nnc(SC)n1C1CCCC1. The van der Waals surface area contributed by atoms with Gasteiger partial charge in [0.2, 0.25) is 0 Å². The van der Waals surface area contributed by atoms with Crippen LogP contribution in [0.15, 0.2) is 27.7 Å². The van der Waals surface area contributed by atoms with E-state index in [0.717, 1.165) is 49.4 Å². The molecule has 1 aliphatic rings. The van der Waals surface area contributed by atoms with Crippen LogP contribution in [0.25, 0.3) is 0 Å². The van der Waals surface area contributed by atoms with Crippen molar-refractivity contribution >= 4 is 29.1 Å². The molecular weight excluding hydrogens is 376 g/mol. The third kappa shape index (κ3) is 5.72. The van der Waals surface area contributed by atoms with Gasteiger partial charge in [-0.25, -0.2) is 4.99 Å². The largest absolute Gasteiger partial charge is 0.357 e. The predicted molar refractivity (Wildman–Crippen MR) is 115 cm³/mol. The second-order valence-corrected chi connectivity index (χ2v) is 8.52. The Balaban J connectivity index is 1.51. The number of thioether (sulfide) groups is 1. The molecule has 6 nitrogen and oxygen atoms in total. The highest BCUT2D eigenvalue weighted by Gasteiger charge is 2.23. The lowest BCUT2D eigenvalue weighted by molar-refractivity contribution is 0.460. The highest BCUT2D eigenvalue weighted by Crippen LogP contribution is 2.33. The number of aryl methyl sites for hydroxylation is 1. The molecule has 1 fully saturated rings. The van der Waals surface area contributed by atoms with Crippen molar-refractivity contribution in [3.8, 4) is 0 Å². The van der Waals surface area contributed by atoms with Gasteiger partial charge in [0.05, 0.1) is 6.54 Å². The van der Waals surface area contributed by atoms with Crippen molar-refractivity contribution in [3.05, 3.63) is 28.2 Å². The van der Waals surface area contributed by atoms with Crippen molar-refractivity contribution < 1.29 is 0 Å². The Morgan fingerprint density at radius 2 is 2.19 bits per heavy atom. The Hall–Kier alpha value is -1.54. The first kappa shape index (κ1) is 20.2. The Bertz CT molecular complexity index is 704. The van der Waals surface area contributed by atoms with Crippen LogP contribution in [0.4, 0.5) is 0 Å². The molecular formula is C19H30N6S2. The van der Waals surface area contributed by atoms with Crippen LogP contribution < -0.4 is 10.6 Å². The first-order valence-electron chi connectivity index (χ1n) is 9.84. The lowest BCUT2D eigenvalue weighted by Gasteiger charge is -2.16. The van der Waals surface area contributed by atoms with Gasteiger partial charge in [0.15, 0.2) is 11.1 Å². The van der Waals surface area contributed by atoms with Gasteiger partial charge >= 0.3 is 0 Å². The standard InChI is InChI=1S/C19H30N6S2/c1-3-20-18(22-14-16-10-7-13-27-16)21-12-6-11-17-23-24-19(26-2)25(17)15-8-4-5-9-15/h7,10,13,15H,3-6,8-9,11-12,14H2,1-2H3,(H2,20,21,22). The number of hydrogen-bond acceptors (Lipinski definition) is 5. The van der Waals surface area contributed by atoms with Gasteiger partial charge < -0.3 is 15.2 Å². The number of guanidine groups is 1. The van der Waals surface area contributed by atoms with Gasteiger partial charge in [0, 0.05) is 30.4 Å². The number of nitrogens with one attached hydrogen (secondary N) is 2. The highest BCUT2D eigenvalue weighted by molar-refractivity contribution is 7.98. The van der Waals surface area contributed by atoms with Crippen molar-refractivity contribution in [2.45, 2.75) is 63.2 Å². The maximum atomic E-state index is 4.67. The second-order valence-electron chi connectivity index (χ2n) is 6.72. The number of rotatable bonds is 9. The van der Waals surface area contributed by atoms with Gasteiger partial charge in [-0.3, -0.25) is 0 Å². The Kier molecular flexibility index (Phi) is 8.01. The maximum absolute atomic E-state index is 4.67. The van der Waals surface area contributed by atoms with Crippen LogP contribution in [-0.4, -0.2) is 40.1 Å². The van der Waals surface area contributed by atoms with E-state index >= 15 is 0 Å². The van der Waals surface area contributed by atoms with E-state index in [2.05, 4.69) is 61.1 Å². The molecule has 0 atom stereocenters. The van der Waals surface area contributed by atoms with Gasteiger partial charge in [-0.15, -0.1) is 21.5 Å². The van der Waals surface area contributed by atoms with Crippen LogP contribution in [0.1, 0.15) is 55.8 Å². The third-order valence-corrected chi connectivity index (χ3v) is 6.30. The molecule has 27 heavy (non-hydrogen) atoms. The molecule has 2 N–H and O–H groups in total. The Morgan fingerprint density at radius 3 is 2.89 bits per heavy atom. The fourth-order valence-corrected chi connectivity index (χ4v) is 4.70. The molecule has 0 aliphatic heterocycles. The van der Waals surface area contributed by atoms with Crippen molar-refractivity contribution in [2.75, 3.05) is 19.3 Å². The summed E-state index contributed by atoms with van der Waals surface area (Å²) in [6.45, 7) is 4.56. The molecule has 1 aliphatic carbocycles. The smallest absolute Gasteiger partial charge is 0.191 e. The van der Waals surface area contributed by atoms with E-state index in [0.29, 0.717) is 6.04 Å². The lowest BCUT2D eigenvalue weighted by Crippen LogP contribution is -2.37. The lowest BCUT2D eigenvalue weighted by atomic mass is 10.2. The van der Waals surface area contributed by atoms with Gasteiger partial charge in [-0.2, -0.15) is 0 Å². The summed E-state index contributed by atoms with van der Waals surface area (Å²) < 4.78 is 2.40. The van der Waals surface area contributed by atoms with Gasteiger partial charge in [0.25, 0.3) is 0 Å². The summed E-state index contributed by atoms with van der Waals surface area (Å²) in [4.78, 5) is 5.95. The fraction of sp³-hybridized carbons (Fsp3) is 0.632. The van der Waals surface area contributed by atoms with E-state index in [9.17, 15) is 0 Å². The molecule has 3 rings (SSSR count). The Morgan fingerprint density at radius 1 is 1.33 bits per heavy atom. The minimum absolute atomic E-state index is 0.593. The average molecular weight is 407 g/mol. The summed E-state index contributed by atoms with van der Waals surface area (Å²) in [5.41, 5.74) is 0. The minimum Gasteiger partial charge on any atom is -0.357 e. The molecule has 148 valence electrons.